The van der Waals surface area contributed by atoms with E-state index in [1.807, 2.05) is 30.2 Å². The number of nitrogens with zero attached hydrogens (tertiary/aromatic N) is 1. The van der Waals surface area contributed by atoms with Crippen LogP contribution >= 0.6 is 24.0 Å². The maximum absolute atomic E-state index is 12.5. The van der Waals surface area contributed by atoms with E-state index in [4.69, 9.17) is 16.3 Å². The molecule has 0 radical (unpaired) electrons. The Morgan fingerprint density at radius 1 is 1.48 bits per heavy atom. The van der Waals surface area contributed by atoms with Gasteiger partial charge in [0.05, 0.1) is 5.57 Å². The van der Waals surface area contributed by atoms with Crippen LogP contribution in [0.3, 0.4) is 0 Å². The average Bonchev–Trinajstić information content (AvgIpc) is 2.99. The Morgan fingerprint density at radius 2 is 2.29 bits per heavy atom. The fourth-order valence-electron chi connectivity index (χ4n) is 2.63. The third-order valence-electron chi connectivity index (χ3n) is 3.86. The molecule has 4 nitrogen and oxygen atoms in total. The van der Waals surface area contributed by atoms with Crippen molar-refractivity contribution in [3.63, 3.8) is 0 Å². The number of hydrogen-bond donors (Lipinski definition) is 1. The molecule has 1 N–H and O–H groups in total. The molecule has 2 aliphatic heterocycles. The highest BCUT2D eigenvalue weighted by Gasteiger charge is 2.27. The average molecular weight is 329 g/mol. The molecule has 2 heterocycles. The first-order chi connectivity index (χ1) is 9.65. The Kier molecular flexibility index (Phi) is 5.14. The Labute approximate surface area is 135 Å². The van der Waals surface area contributed by atoms with Gasteiger partial charge in [0, 0.05) is 30.2 Å². The number of benzene rings is 1. The van der Waals surface area contributed by atoms with Crippen molar-refractivity contribution in [2.45, 2.75) is 12.5 Å². The van der Waals surface area contributed by atoms with Gasteiger partial charge in [-0.25, -0.2) is 0 Å². The van der Waals surface area contributed by atoms with Crippen molar-refractivity contribution in [2.75, 3.05) is 26.7 Å². The van der Waals surface area contributed by atoms with E-state index < -0.39 is 0 Å². The molecule has 1 unspecified atom stereocenters. The van der Waals surface area contributed by atoms with Gasteiger partial charge in [-0.05, 0) is 37.2 Å². The van der Waals surface area contributed by atoms with E-state index in [0.717, 1.165) is 30.8 Å². The van der Waals surface area contributed by atoms with Gasteiger partial charge in [-0.1, -0.05) is 11.6 Å². The van der Waals surface area contributed by atoms with Gasteiger partial charge in [0.25, 0.3) is 5.91 Å². The van der Waals surface area contributed by atoms with E-state index in [0.29, 0.717) is 17.2 Å². The molecule has 0 aromatic heterocycles. The lowest BCUT2D eigenvalue weighted by molar-refractivity contribution is -0.127. The summed E-state index contributed by atoms with van der Waals surface area (Å²) < 4.78 is 5.63. The first kappa shape index (κ1) is 16.1. The highest BCUT2D eigenvalue weighted by Crippen LogP contribution is 2.29. The van der Waals surface area contributed by atoms with Gasteiger partial charge in [0.15, 0.2) is 0 Å². The van der Waals surface area contributed by atoms with E-state index in [1.165, 1.54) is 0 Å². The summed E-state index contributed by atoms with van der Waals surface area (Å²) in [5, 5.41) is 3.92. The number of carbonyl (C=O) groups is 1. The molecular formula is C15H18Cl2N2O2. The SMILES string of the molecule is CN(C(=O)C1=Cc2cc(Cl)ccc2OC1)C1CCNC1.Cl. The number of rotatable bonds is 2. The number of ether oxygens (including phenoxy) is 1. The van der Waals surface area contributed by atoms with Crippen LogP contribution in [0, 0.1) is 0 Å². The molecule has 1 aromatic carbocycles. The zero-order chi connectivity index (χ0) is 14.1. The van der Waals surface area contributed by atoms with Crippen molar-refractivity contribution in [3.05, 3.63) is 34.4 Å². The molecule has 1 amide bonds. The van der Waals surface area contributed by atoms with E-state index in [-0.39, 0.29) is 24.4 Å². The van der Waals surface area contributed by atoms with Gasteiger partial charge in [0.1, 0.15) is 12.4 Å². The summed E-state index contributed by atoms with van der Waals surface area (Å²) >= 11 is 5.98. The van der Waals surface area contributed by atoms with Gasteiger partial charge in [-0.2, -0.15) is 0 Å². The molecule has 0 bridgehead atoms. The van der Waals surface area contributed by atoms with Gasteiger partial charge in [-0.3, -0.25) is 4.79 Å². The van der Waals surface area contributed by atoms with Crippen molar-refractivity contribution in [3.8, 4) is 5.75 Å². The topological polar surface area (TPSA) is 41.6 Å². The second-order valence-corrected chi connectivity index (χ2v) is 5.64. The summed E-state index contributed by atoms with van der Waals surface area (Å²) in [5.74, 6) is 0.806. The minimum atomic E-state index is 0. The fraction of sp³-hybridized carbons (Fsp3) is 0.400. The lowest BCUT2D eigenvalue weighted by Gasteiger charge is -2.26. The third kappa shape index (κ3) is 3.34. The van der Waals surface area contributed by atoms with Crippen molar-refractivity contribution >= 4 is 36.0 Å². The van der Waals surface area contributed by atoms with Gasteiger partial charge in [0.2, 0.25) is 0 Å². The van der Waals surface area contributed by atoms with Crippen LogP contribution in [0.1, 0.15) is 12.0 Å². The minimum absolute atomic E-state index is 0. The molecule has 1 aromatic rings. The highest BCUT2D eigenvalue weighted by molar-refractivity contribution is 6.30. The van der Waals surface area contributed by atoms with Crippen LogP contribution in [0.15, 0.2) is 23.8 Å². The van der Waals surface area contributed by atoms with Gasteiger partial charge < -0.3 is 15.0 Å². The first-order valence-corrected chi connectivity index (χ1v) is 7.14. The predicted molar refractivity (Wildman–Crippen MR) is 86.2 cm³/mol. The zero-order valence-corrected chi connectivity index (χ0v) is 13.3. The van der Waals surface area contributed by atoms with E-state index in [2.05, 4.69) is 5.32 Å². The summed E-state index contributed by atoms with van der Waals surface area (Å²) in [5.41, 5.74) is 1.54. The molecule has 114 valence electrons. The number of likely N-dealkylation sites (N-methyl/N-ethyl adjacent to an activating group) is 1. The third-order valence-corrected chi connectivity index (χ3v) is 4.10. The molecule has 1 fully saturated rings. The van der Waals surface area contributed by atoms with Crippen LogP contribution in [0.5, 0.6) is 5.75 Å². The number of fused-ring (bicyclic) bond motifs is 1. The summed E-state index contributed by atoms with van der Waals surface area (Å²) in [6, 6.07) is 5.71. The Balaban J connectivity index is 0.00000161. The van der Waals surface area contributed by atoms with E-state index in [9.17, 15) is 4.79 Å². The van der Waals surface area contributed by atoms with Crippen LogP contribution in [0.4, 0.5) is 0 Å². The quantitative estimate of drug-likeness (QED) is 0.906. The van der Waals surface area contributed by atoms with Crippen molar-refractivity contribution in [1.29, 1.82) is 0 Å². The minimum Gasteiger partial charge on any atom is -0.488 e. The molecule has 21 heavy (non-hydrogen) atoms. The van der Waals surface area contributed by atoms with Crippen molar-refractivity contribution in [1.82, 2.24) is 10.2 Å². The molecule has 6 heteroatoms. The standard InChI is InChI=1S/C15H17ClN2O2.ClH/c1-18(13-4-5-17-8-13)15(19)11-6-10-7-12(16)2-3-14(10)20-9-11;/h2-3,6-7,13,17H,4-5,8-9H2,1H3;1H. The maximum Gasteiger partial charge on any atom is 0.253 e. The molecule has 1 saturated heterocycles. The van der Waals surface area contributed by atoms with Gasteiger partial charge in [-0.15, -0.1) is 12.4 Å². The fourth-order valence-corrected chi connectivity index (χ4v) is 2.81. The highest BCUT2D eigenvalue weighted by atomic mass is 35.5. The molecule has 3 rings (SSSR count). The normalized spacial score (nSPS) is 19.9. The largest absolute Gasteiger partial charge is 0.488 e. The smallest absolute Gasteiger partial charge is 0.253 e. The number of amides is 1. The zero-order valence-electron chi connectivity index (χ0n) is 11.8. The number of carbonyl (C=O) groups excluding carboxylic acids is 1. The monoisotopic (exact) mass is 328 g/mol. The first-order valence-electron chi connectivity index (χ1n) is 6.76. The summed E-state index contributed by atoms with van der Waals surface area (Å²) in [4.78, 5) is 14.3. The Morgan fingerprint density at radius 3 is 3.00 bits per heavy atom. The number of halogens is 2. The summed E-state index contributed by atoms with van der Waals surface area (Å²) in [6.45, 7) is 2.15. The van der Waals surface area contributed by atoms with E-state index in [1.54, 1.807) is 6.07 Å². The van der Waals surface area contributed by atoms with Crippen LogP contribution in [-0.2, 0) is 4.79 Å². The number of nitrogens with one attached hydrogen (secondary N) is 1. The Bertz CT molecular complexity index is 569. The molecule has 2 aliphatic rings. The van der Waals surface area contributed by atoms with E-state index >= 15 is 0 Å². The molecular weight excluding hydrogens is 311 g/mol. The molecule has 0 aliphatic carbocycles. The summed E-state index contributed by atoms with van der Waals surface area (Å²) in [7, 11) is 1.86. The molecule has 1 atom stereocenters. The summed E-state index contributed by atoms with van der Waals surface area (Å²) in [6.07, 6.45) is 2.88. The lowest BCUT2D eigenvalue weighted by Crippen LogP contribution is -2.40. The van der Waals surface area contributed by atoms with Crippen molar-refractivity contribution in [2.24, 2.45) is 0 Å². The van der Waals surface area contributed by atoms with Crippen LogP contribution in [-0.4, -0.2) is 43.6 Å². The van der Waals surface area contributed by atoms with Crippen molar-refractivity contribution < 1.29 is 9.53 Å². The van der Waals surface area contributed by atoms with Crippen LogP contribution in [0.2, 0.25) is 5.02 Å². The predicted octanol–water partition coefficient (Wildman–Crippen LogP) is 2.36. The second kappa shape index (κ2) is 6.69. The maximum atomic E-state index is 12.5. The lowest BCUT2D eigenvalue weighted by atomic mass is 10.1. The molecule has 0 saturated carbocycles. The second-order valence-electron chi connectivity index (χ2n) is 5.20. The Hall–Kier alpha value is -1.23. The van der Waals surface area contributed by atoms with Crippen LogP contribution < -0.4 is 10.1 Å². The van der Waals surface area contributed by atoms with Crippen LogP contribution in [0.25, 0.3) is 6.08 Å². The van der Waals surface area contributed by atoms with Gasteiger partial charge >= 0.3 is 0 Å². The molecule has 0 spiro atoms. The number of hydrogen-bond acceptors (Lipinski definition) is 3.